The summed E-state index contributed by atoms with van der Waals surface area (Å²) in [6.07, 6.45) is 7.11. The van der Waals surface area contributed by atoms with Crippen LogP contribution < -0.4 is 0 Å². The molecule has 0 N–H and O–H groups in total. The number of nitrogens with zero attached hydrogens (tertiary/aromatic N) is 1. The van der Waals surface area contributed by atoms with Gasteiger partial charge in [-0.05, 0) is 75.2 Å². The SMILES string of the molecule is CC(CN(C)C(C)C)C(CCCCC(C)(C)C)C(C)C1CC1C. The van der Waals surface area contributed by atoms with Crippen LogP contribution in [0.5, 0.6) is 0 Å². The normalized spacial score (nSPS) is 25.7. The summed E-state index contributed by atoms with van der Waals surface area (Å²) in [4.78, 5) is 2.54. The lowest BCUT2D eigenvalue weighted by atomic mass is 9.76. The molecule has 0 radical (unpaired) electrons. The lowest BCUT2D eigenvalue weighted by Crippen LogP contribution is -2.35. The van der Waals surface area contributed by atoms with Gasteiger partial charge in [-0.15, -0.1) is 0 Å². The molecule has 1 aliphatic carbocycles. The van der Waals surface area contributed by atoms with Gasteiger partial charge in [0.15, 0.2) is 0 Å². The Bertz CT molecular complexity index is 327. The summed E-state index contributed by atoms with van der Waals surface area (Å²) in [5, 5.41) is 0. The van der Waals surface area contributed by atoms with Crippen LogP contribution in [0.15, 0.2) is 0 Å². The molecule has 0 amide bonds. The van der Waals surface area contributed by atoms with Crippen molar-refractivity contribution in [3.63, 3.8) is 0 Å². The monoisotopic (exact) mass is 323 g/mol. The molecule has 0 saturated heterocycles. The highest BCUT2D eigenvalue weighted by Crippen LogP contribution is 2.49. The van der Waals surface area contributed by atoms with Crippen molar-refractivity contribution >= 4 is 0 Å². The van der Waals surface area contributed by atoms with Crippen LogP contribution in [0.1, 0.15) is 87.5 Å². The van der Waals surface area contributed by atoms with Gasteiger partial charge in [0.2, 0.25) is 0 Å². The maximum atomic E-state index is 2.55. The van der Waals surface area contributed by atoms with Crippen molar-refractivity contribution in [3.8, 4) is 0 Å². The summed E-state index contributed by atoms with van der Waals surface area (Å²) in [7, 11) is 2.29. The smallest absolute Gasteiger partial charge is 0.00356 e. The molecule has 1 heteroatoms. The second-order valence-electron chi connectivity index (χ2n) is 10.2. The number of rotatable bonds is 10. The standard InChI is InChI=1S/C22H45N/c1-16(2)23(9)15-18(4)20(19(5)21-14-17(21)3)12-10-11-13-22(6,7)8/h16-21H,10-15H2,1-9H3. The van der Waals surface area contributed by atoms with Crippen LogP contribution in [0.2, 0.25) is 0 Å². The lowest BCUT2D eigenvalue weighted by Gasteiger charge is -2.34. The quantitative estimate of drug-likeness (QED) is 0.416. The van der Waals surface area contributed by atoms with Crippen molar-refractivity contribution in [2.45, 2.75) is 93.5 Å². The molecule has 1 saturated carbocycles. The topological polar surface area (TPSA) is 3.24 Å². The van der Waals surface area contributed by atoms with Crippen LogP contribution in [-0.4, -0.2) is 24.5 Å². The first-order valence-corrected chi connectivity index (χ1v) is 10.2. The van der Waals surface area contributed by atoms with Crippen LogP contribution in [0, 0.1) is 35.0 Å². The molecule has 5 atom stereocenters. The predicted octanol–water partition coefficient (Wildman–Crippen LogP) is 6.48. The lowest BCUT2D eigenvalue weighted by molar-refractivity contribution is 0.144. The number of unbranched alkanes of at least 4 members (excludes halogenated alkanes) is 1. The van der Waals surface area contributed by atoms with Gasteiger partial charge in [-0.2, -0.15) is 0 Å². The number of hydrogen-bond donors (Lipinski definition) is 0. The van der Waals surface area contributed by atoms with Crippen LogP contribution in [0.4, 0.5) is 0 Å². The molecular formula is C22H45N. The third-order valence-corrected chi connectivity index (χ3v) is 6.43. The van der Waals surface area contributed by atoms with E-state index in [1.54, 1.807) is 0 Å². The summed E-state index contributed by atoms with van der Waals surface area (Å²) in [5.41, 5.74) is 0.496. The third kappa shape index (κ3) is 7.59. The van der Waals surface area contributed by atoms with Crippen LogP contribution >= 0.6 is 0 Å². The van der Waals surface area contributed by atoms with Crippen molar-refractivity contribution in [3.05, 3.63) is 0 Å². The zero-order valence-electron chi connectivity index (χ0n) is 17.7. The third-order valence-electron chi connectivity index (χ3n) is 6.43. The Morgan fingerprint density at radius 1 is 1.04 bits per heavy atom. The molecule has 1 aliphatic rings. The molecule has 0 aromatic rings. The Morgan fingerprint density at radius 2 is 1.61 bits per heavy atom. The van der Waals surface area contributed by atoms with Crippen molar-refractivity contribution in [2.75, 3.05) is 13.6 Å². The first kappa shape index (κ1) is 21.0. The largest absolute Gasteiger partial charge is 0.304 e. The molecular weight excluding hydrogens is 278 g/mol. The molecule has 0 bridgehead atoms. The van der Waals surface area contributed by atoms with Crippen molar-refractivity contribution < 1.29 is 0 Å². The molecule has 5 unspecified atom stereocenters. The van der Waals surface area contributed by atoms with E-state index in [2.05, 4.69) is 67.3 Å². The van der Waals surface area contributed by atoms with Gasteiger partial charge in [-0.3, -0.25) is 0 Å². The van der Waals surface area contributed by atoms with Gasteiger partial charge in [0.25, 0.3) is 0 Å². The van der Waals surface area contributed by atoms with E-state index in [0.717, 1.165) is 29.6 Å². The van der Waals surface area contributed by atoms with Crippen molar-refractivity contribution in [1.82, 2.24) is 4.90 Å². The molecule has 0 aliphatic heterocycles. The average Bonchev–Trinajstić information content (AvgIpc) is 3.13. The summed E-state index contributed by atoms with van der Waals surface area (Å²) in [6.45, 7) is 20.5. The van der Waals surface area contributed by atoms with E-state index in [1.807, 2.05) is 0 Å². The van der Waals surface area contributed by atoms with E-state index in [9.17, 15) is 0 Å². The number of hydrogen-bond acceptors (Lipinski definition) is 1. The van der Waals surface area contributed by atoms with Crippen LogP contribution in [-0.2, 0) is 0 Å². The fraction of sp³-hybridized carbons (Fsp3) is 1.00. The molecule has 0 aromatic heterocycles. The first-order valence-electron chi connectivity index (χ1n) is 10.2. The van der Waals surface area contributed by atoms with Crippen LogP contribution in [0.3, 0.4) is 0 Å². The predicted molar refractivity (Wildman–Crippen MR) is 105 cm³/mol. The fourth-order valence-corrected chi connectivity index (χ4v) is 4.30. The fourth-order valence-electron chi connectivity index (χ4n) is 4.30. The molecule has 0 spiro atoms. The van der Waals surface area contributed by atoms with Crippen molar-refractivity contribution in [2.24, 2.45) is 35.0 Å². The van der Waals surface area contributed by atoms with Gasteiger partial charge < -0.3 is 4.90 Å². The van der Waals surface area contributed by atoms with Crippen LogP contribution in [0.25, 0.3) is 0 Å². The Morgan fingerprint density at radius 3 is 2.04 bits per heavy atom. The average molecular weight is 324 g/mol. The van der Waals surface area contributed by atoms with E-state index in [-0.39, 0.29) is 0 Å². The second kappa shape index (κ2) is 8.88. The van der Waals surface area contributed by atoms with Gasteiger partial charge in [0.1, 0.15) is 0 Å². The van der Waals surface area contributed by atoms with Gasteiger partial charge in [0, 0.05) is 12.6 Å². The van der Waals surface area contributed by atoms with Gasteiger partial charge >= 0.3 is 0 Å². The zero-order chi connectivity index (χ0) is 17.8. The highest BCUT2D eigenvalue weighted by Gasteiger charge is 2.41. The van der Waals surface area contributed by atoms with E-state index in [4.69, 9.17) is 0 Å². The summed E-state index contributed by atoms with van der Waals surface area (Å²) in [5.74, 6) is 4.63. The summed E-state index contributed by atoms with van der Waals surface area (Å²) in [6, 6.07) is 0.661. The highest BCUT2D eigenvalue weighted by atomic mass is 15.1. The van der Waals surface area contributed by atoms with E-state index in [1.165, 1.54) is 38.6 Å². The second-order valence-corrected chi connectivity index (χ2v) is 10.2. The van der Waals surface area contributed by atoms with Gasteiger partial charge in [-0.1, -0.05) is 54.4 Å². The highest BCUT2D eigenvalue weighted by molar-refractivity contribution is 4.91. The summed E-state index contributed by atoms with van der Waals surface area (Å²) >= 11 is 0. The molecule has 138 valence electrons. The van der Waals surface area contributed by atoms with Gasteiger partial charge in [-0.25, -0.2) is 0 Å². The van der Waals surface area contributed by atoms with Gasteiger partial charge in [0.05, 0.1) is 0 Å². The zero-order valence-corrected chi connectivity index (χ0v) is 17.7. The maximum Gasteiger partial charge on any atom is 0.00356 e. The Labute approximate surface area is 147 Å². The minimum Gasteiger partial charge on any atom is -0.304 e. The molecule has 23 heavy (non-hydrogen) atoms. The molecule has 1 rings (SSSR count). The Balaban J connectivity index is 2.54. The Kier molecular flexibility index (Phi) is 8.11. The van der Waals surface area contributed by atoms with E-state index >= 15 is 0 Å². The molecule has 0 aromatic carbocycles. The molecule has 1 fully saturated rings. The summed E-state index contributed by atoms with van der Waals surface area (Å²) < 4.78 is 0. The minimum atomic E-state index is 0.496. The van der Waals surface area contributed by atoms with E-state index < -0.39 is 0 Å². The minimum absolute atomic E-state index is 0.496. The maximum absolute atomic E-state index is 2.55. The van der Waals surface area contributed by atoms with E-state index in [0.29, 0.717) is 11.5 Å². The molecule has 0 heterocycles. The molecule has 1 nitrogen and oxygen atoms in total. The first-order chi connectivity index (χ1) is 10.5. The van der Waals surface area contributed by atoms with Crippen molar-refractivity contribution in [1.29, 1.82) is 0 Å². The Hall–Kier alpha value is -0.0400.